The van der Waals surface area contributed by atoms with Crippen LogP contribution in [0.25, 0.3) is 0 Å². The standard InChI is InChI=1S/C6H14O.C5H4O2/c1-2-3-4-5-6-7;6-4-5-2-1-3-7-5/h7H,2-6H2,1H3;1-4H. The Morgan fingerprint density at radius 1 is 1.43 bits per heavy atom. The van der Waals surface area contributed by atoms with Crippen molar-refractivity contribution in [2.45, 2.75) is 32.6 Å². The monoisotopic (exact) mass is 198 g/mol. The van der Waals surface area contributed by atoms with Gasteiger partial charge in [0.2, 0.25) is 0 Å². The molecule has 14 heavy (non-hydrogen) atoms. The van der Waals surface area contributed by atoms with Crippen molar-refractivity contribution >= 4 is 6.29 Å². The van der Waals surface area contributed by atoms with E-state index in [2.05, 4.69) is 11.3 Å². The lowest BCUT2D eigenvalue weighted by molar-refractivity contribution is 0.110. The fourth-order valence-electron chi connectivity index (χ4n) is 0.897. The van der Waals surface area contributed by atoms with Crippen LogP contribution in [0.1, 0.15) is 43.2 Å². The van der Waals surface area contributed by atoms with Gasteiger partial charge >= 0.3 is 0 Å². The van der Waals surface area contributed by atoms with E-state index < -0.39 is 0 Å². The quantitative estimate of drug-likeness (QED) is 0.584. The molecule has 0 atom stereocenters. The van der Waals surface area contributed by atoms with Crippen LogP contribution >= 0.6 is 0 Å². The number of hydrogen-bond acceptors (Lipinski definition) is 3. The summed E-state index contributed by atoms with van der Waals surface area (Å²) in [6, 6.07) is 3.27. The molecule has 0 unspecified atom stereocenters. The van der Waals surface area contributed by atoms with Gasteiger partial charge in [-0.3, -0.25) is 4.79 Å². The summed E-state index contributed by atoms with van der Waals surface area (Å²) in [5, 5.41) is 8.29. The maximum Gasteiger partial charge on any atom is 0.185 e. The highest BCUT2D eigenvalue weighted by Gasteiger charge is 1.84. The second-order valence-corrected chi connectivity index (χ2v) is 2.92. The van der Waals surface area contributed by atoms with Gasteiger partial charge in [0.05, 0.1) is 6.26 Å². The number of hydrogen-bond donors (Lipinski definition) is 1. The molecule has 0 spiro atoms. The molecule has 0 saturated heterocycles. The maximum atomic E-state index is 9.77. The van der Waals surface area contributed by atoms with Crippen LogP contribution in [0.4, 0.5) is 0 Å². The van der Waals surface area contributed by atoms with E-state index in [0.29, 0.717) is 18.7 Å². The van der Waals surface area contributed by atoms with Crippen molar-refractivity contribution in [1.29, 1.82) is 0 Å². The molecule has 0 aliphatic rings. The SMILES string of the molecule is CCCCCCO.O=Cc1ccco1. The molecular formula is C11H18O3. The average Bonchev–Trinajstić information content (AvgIpc) is 2.72. The van der Waals surface area contributed by atoms with E-state index in [1.165, 1.54) is 25.5 Å². The minimum absolute atomic E-state index is 0.361. The lowest BCUT2D eigenvalue weighted by Crippen LogP contribution is -1.80. The van der Waals surface area contributed by atoms with Crippen LogP contribution in [-0.2, 0) is 0 Å². The number of carbonyl (C=O) groups is 1. The summed E-state index contributed by atoms with van der Waals surface area (Å²) in [4.78, 5) is 9.77. The summed E-state index contributed by atoms with van der Waals surface area (Å²) in [6.07, 6.45) is 6.81. The number of carbonyl (C=O) groups excluding carboxylic acids is 1. The minimum atomic E-state index is 0.361. The van der Waals surface area contributed by atoms with Gasteiger partial charge in [-0.05, 0) is 18.6 Å². The van der Waals surface area contributed by atoms with Crippen molar-refractivity contribution in [3.63, 3.8) is 0 Å². The predicted molar refractivity (Wildman–Crippen MR) is 55.3 cm³/mol. The summed E-state index contributed by atoms with van der Waals surface area (Å²) < 4.78 is 4.61. The first-order chi connectivity index (χ1) is 6.85. The minimum Gasteiger partial charge on any atom is -0.462 e. The molecule has 1 rings (SSSR count). The topological polar surface area (TPSA) is 50.4 Å². The molecule has 0 aromatic carbocycles. The third-order valence-corrected chi connectivity index (χ3v) is 1.67. The summed E-state index contributed by atoms with van der Waals surface area (Å²) in [7, 11) is 0. The van der Waals surface area contributed by atoms with Crippen molar-refractivity contribution < 1.29 is 14.3 Å². The number of furan rings is 1. The first-order valence-corrected chi connectivity index (χ1v) is 4.94. The van der Waals surface area contributed by atoms with Crippen LogP contribution in [0.5, 0.6) is 0 Å². The number of unbranched alkanes of at least 4 members (excludes halogenated alkanes) is 3. The van der Waals surface area contributed by atoms with Crippen molar-refractivity contribution in [3.05, 3.63) is 24.2 Å². The maximum absolute atomic E-state index is 9.77. The van der Waals surface area contributed by atoms with Crippen LogP contribution in [0.15, 0.2) is 22.8 Å². The molecule has 0 fully saturated rings. The predicted octanol–water partition coefficient (Wildman–Crippen LogP) is 2.65. The van der Waals surface area contributed by atoms with Gasteiger partial charge in [-0.1, -0.05) is 26.2 Å². The Hall–Kier alpha value is -1.09. The third kappa shape index (κ3) is 7.55. The fourth-order valence-corrected chi connectivity index (χ4v) is 0.897. The molecule has 1 N–H and O–H groups in total. The molecule has 80 valence electrons. The van der Waals surface area contributed by atoms with E-state index in [1.807, 2.05) is 0 Å². The van der Waals surface area contributed by atoms with Gasteiger partial charge in [-0.2, -0.15) is 0 Å². The molecule has 1 heterocycles. The average molecular weight is 198 g/mol. The van der Waals surface area contributed by atoms with E-state index in [1.54, 1.807) is 12.1 Å². The Bertz CT molecular complexity index is 200. The first kappa shape index (κ1) is 12.9. The molecule has 3 heteroatoms. The van der Waals surface area contributed by atoms with Crippen LogP contribution in [-0.4, -0.2) is 18.0 Å². The number of aldehydes is 1. The Morgan fingerprint density at radius 2 is 2.21 bits per heavy atom. The zero-order valence-electron chi connectivity index (χ0n) is 8.61. The molecule has 1 aromatic rings. The zero-order chi connectivity index (χ0) is 10.6. The van der Waals surface area contributed by atoms with Gasteiger partial charge in [0.1, 0.15) is 0 Å². The van der Waals surface area contributed by atoms with Crippen LogP contribution in [0.3, 0.4) is 0 Å². The van der Waals surface area contributed by atoms with Crippen molar-refractivity contribution in [2.75, 3.05) is 6.61 Å². The van der Waals surface area contributed by atoms with Crippen molar-refractivity contribution in [3.8, 4) is 0 Å². The van der Waals surface area contributed by atoms with E-state index in [9.17, 15) is 4.79 Å². The summed E-state index contributed by atoms with van der Waals surface area (Å²) >= 11 is 0. The van der Waals surface area contributed by atoms with Gasteiger partial charge in [-0.15, -0.1) is 0 Å². The van der Waals surface area contributed by atoms with E-state index in [0.717, 1.165) is 6.42 Å². The Kier molecular flexibility index (Phi) is 9.22. The van der Waals surface area contributed by atoms with Gasteiger partial charge < -0.3 is 9.52 Å². The molecule has 0 aliphatic heterocycles. The highest BCUT2D eigenvalue weighted by Crippen LogP contribution is 1.96. The molecule has 0 saturated carbocycles. The third-order valence-electron chi connectivity index (χ3n) is 1.67. The van der Waals surface area contributed by atoms with Crippen molar-refractivity contribution in [1.82, 2.24) is 0 Å². The molecule has 0 aliphatic carbocycles. The smallest absolute Gasteiger partial charge is 0.185 e. The van der Waals surface area contributed by atoms with Crippen LogP contribution in [0, 0.1) is 0 Å². The van der Waals surface area contributed by atoms with E-state index in [4.69, 9.17) is 5.11 Å². The normalized spacial score (nSPS) is 9.00. The van der Waals surface area contributed by atoms with Gasteiger partial charge in [0.15, 0.2) is 12.0 Å². The fraction of sp³-hybridized carbons (Fsp3) is 0.545. The lowest BCUT2D eigenvalue weighted by atomic mass is 10.2. The van der Waals surface area contributed by atoms with Gasteiger partial charge in [-0.25, -0.2) is 0 Å². The first-order valence-electron chi connectivity index (χ1n) is 4.94. The number of aliphatic hydroxyl groups is 1. The second kappa shape index (κ2) is 9.99. The number of rotatable bonds is 5. The molecule has 0 bridgehead atoms. The van der Waals surface area contributed by atoms with E-state index in [-0.39, 0.29) is 0 Å². The molecule has 1 aromatic heterocycles. The largest absolute Gasteiger partial charge is 0.462 e. The Balaban J connectivity index is 0.000000241. The van der Waals surface area contributed by atoms with Crippen molar-refractivity contribution in [2.24, 2.45) is 0 Å². The van der Waals surface area contributed by atoms with Crippen LogP contribution < -0.4 is 0 Å². The van der Waals surface area contributed by atoms with Gasteiger partial charge in [0.25, 0.3) is 0 Å². The highest BCUT2D eigenvalue weighted by atomic mass is 16.3. The summed E-state index contributed by atoms with van der Waals surface area (Å²) in [6.45, 7) is 2.53. The van der Waals surface area contributed by atoms with Crippen LogP contribution in [0.2, 0.25) is 0 Å². The highest BCUT2D eigenvalue weighted by molar-refractivity contribution is 5.69. The molecule has 3 nitrogen and oxygen atoms in total. The lowest BCUT2D eigenvalue weighted by Gasteiger charge is -1.90. The summed E-state index contributed by atoms with van der Waals surface area (Å²) in [5.41, 5.74) is 0. The number of aliphatic hydroxyl groups excluding tert-OH is 1. The van der Waals surface area contributed by atoms with E-state index >= 15 is 0 Å². The molecule has 0 radical (unpaired) electrons. The molecule has 0 amide bonds. The summed E-state index contributed by atoms with van der Waals surface area (Å²) in [5.74, 6) is 0.375. The zero-order valence-corrected chi connectivity index (χ0v) is 8.61. The Labute approximate surface area is 84.7 Å². The van der Waals surface area contributed by atoms with Gasteiger partial charge in [0, 0.05) is 6.61 Å². The second-order valence-electron chi connectivity index (χ2n) is 2.92. The Morgan fingerprint density at radius 3 is 2.57 bits per heavy atom. The molecular weight excluding hydrogens is 180 g/mol.